The minimum Gasteiger partial charge on any atom is -0.353 e. The van der Waals surface area contributed by atoms with E-state index in [4.69, 9.17) is 0 Å². The standard InChI is InChI=1S/C23H33N3O4S2/c1-16-22(27)25-20-15-19(9-10-21(20)31-16)32(29,30)26-13-11-17(12-14-26)23(28)24-18-7-5-3-2-4-6-8-18/h9-10,15-18H,2-8,11-14H2,1H3,(H,24,28)(H,25,27)/t16-/m1/s1. The molecule has 0 radical (unpaired) electrons. The smallest absolute Gasteiger partial charge is 0.243 e. The molecule has 7 nitrogen and oxygen atoms in total. The molecule has 2 fully saturated rings. The van der Waals surface area contributed by atoms with Crippen LogP contribution in [0.1, 0.15) is 64.7 Å². The Morgan fingerprint density at radius 1 is 1.06 bits per heavy atom. The summed E-state index contributed by atoms with van der Waals surface area (Å²) in [5.41, 5.74) is 0.549. The van der Waals surface area contributed by atoms with Gasteiger partial charge in [-0.25, -0.2) is 8.42 Å². The van der Waals surface area contributed by atoms with Gasteiger partial charge in [0.15, 0.2) is 0 Å². The van der Waals surface area contributed by atoms with Crippen molar-refractivity contribution >= 4 is 39.3 Å². The van der Waals surface area contributed by atoms with Crippen LogP contribution in [-0.2, 0) is 19.6 Å². The minimum atomic E-state index is -3.67. The lowest BCUT2D eigenvalue weighted by molar-refractivity contribution is -0.127. The summed E-state index contributed by atoms with van der Waals surface area (Å²) < 4.78 is 27.8. The molecule has 2 amide bonds. The molecule has 1 aromatic rings. The van der Waals surface area contributed by atoms with Crippen molar-refractivity contribution in [2.45, 2.75) is 85.8 Å². The number of nitrogens with one attached hydrogen (secondary N) is 2. The molecular weight excluding hydrogens is 446 g/mol. The average molecular weight is 480 g/mol. The normalized spacial score (nSPS) is 24.2. The molecule has 3 aliphatic rings. The summed E-state index contributed by atoms with van der Waals surface area (Å²) in [4.78, 5) is 25.8. The molecule has 1 saturated carbocycles. The van der Waals surface area contributed by atoms with Gasteiger partial charge < -0.3 is 10.6 Å². The molecule has 0 aromatic heterocycles. The van der Waals surface area contributed by atoms with Gasteiger partial charge in [-0.3, -0.25) is 9.59 Å². The van der Waals surface area contributed by atoms with Crippen molar-refractivity contribution in [2.24, 2.45) is 5.92 Å². The zero-order chi connectivity index (χ0) is 22.7. The first-order valence-electron chi connectivity index (χ1n) is 11.8. The highest BCUT2D eigenvalue weighted by Gasteiger charge is 2.33. The van der Waals surface area contributed by atoms with Crippen LogP contribution in [-0.4, -0.2) is 48.9 Å². The molecule has 2 N–H and O–H groups in total. The molecular formula is C23H33N3O4S2. The van der Waals surface area contributed by atoms with Crippen molar-refractivity contribution in [3.8, 4) is 0 Å². The van der Waals surface area contributed by atoms with Gasteiger partial charge in [0.2, 0.25) is 21.8 Å². The first-order valence-corrected chi connectivity index (χ1v) is 14.1. The second kappa shape index (κ2) is 10.1. The zero-order valence-corrected chi connectivity index (χ0v) is 20.3. The van der Waals surface area contributed by atoms with Crippen LogP contribution in [0.5, 0.6) is 0 Å². The van der Waals surface area contributed by atoms with E-state index in [-0.39, 0.29) is 33.9 Å². The molecule has 1 aliphatic carbocycles. The number of hydrogen-bond acceptors (Lipinski definition) is 5. The van der Waals surface area contributed by atoms with Crippen LogP contribution >= 0.6 is 11.8 Å². The summed E-state index contributed by atoms with van der Waals surface area (Å²) in [6.07, 6.45) is 9.28. The molecule has 0 spiro atoms. The van der Waals surface area contributed by atoms with Crippen LogP contribution in [0, 0.1) is 5.92 Å². The number of nitrogens with zero attached hydrogens (tertiary/aromatic N) is 1. The van der Waals surface area contributed by atoms with Crippen LogP contribution in [0.3, 0.4) is 0 Å². The van der Waals surface area contributed by atoms with Gasteiger partial charge >= 0.3 is 0 Å². The number of piperidine rings is 1. The number of carbonyl (C=O) groups excluding carboxylic acids is 2. The number of amides is 2. The summed E-state index contributed by atoms with van der Waals surface area (Å²) >= 11 is 1.43. The van der Waals surface area contributed by atoms with E-state index in [9.17, 15) is 18.0 Å². The Kier molecular flexibility index (Phi) is 7.47. The summed E-state index contributed by atoms with van der Waals surface area (Å²) in [6, 6.07) is 5.18. The molecule has 4 rings (SSSR count). The van der Waals surface area contributed by atoms with Gasteiger partial charge in [-0.2, -0.15) is 4.31 Å². The highest BCUT2D eigenvalue weighted by molar-refractivity contribution is 8.01. The Bertz CT molecular complexity index is 950. The van der Waals surface area contributed by atoms with Crippen LogP contribution < -0.4 is 10.6 Å². The predicted molar refractivity (Wildman–Crippen MR) is 126 cm³/mol. The van der Waals surface area contributed by atoms with E-state index in [2.05, 4.69) is 10.6 Å². The number of benzene rings is 1. The van der Waals surface area contributed by atoms with Crippen molar-refractivity contribution in [3.63, 3.8) is 0 Å². The first-order chi connectivity index (χ1) is 15.3. The number of sulfonamides is 1. The van der Waals surface area contributed by atoms with Gasteiger partial charge in [0.1, 0.15) is 0 Å². The van der Waals surface area contributed by atoms with Crippen molar-refractivity contribution in [1.29, 1.82) is 0 Å². The quantitative estimate of drug-likeness (QED) is 0.686. The van der Waals surface area contributed by atoms with E-state index in [0.29, 0.717) is 31.6 Å². The molecule has 0 bridgehead atoms. The molecule has 0 unspecified atom stereocenters. The third-order valence-corrected chi connectivity index (χ3v) is 9.87. The fraction of sp³-hybridized carbons (Fsp3) is 0.652. The van der Waals surface area contributed by atoms with Gasteiger partial charge in [0, 0.05) is 29.9 Å². The molecule has 176 valence electrons. The van der Waals surface area contributed by atoms with Crippen molar-refractivity contribution in [2.75, 3.05) is 18.4 Å². The molecule has 1 aromatic carbocycles. The third kappa shape index (κ3) is 5.31. The number of thioether (sulfide) groups is 1. The van der Waals surface area contributed by atoms with Crippen LogP contribution in [0.25, 0.3) is 0 Å². The molecule has 2 heterocycles. The van der Waals surface area contributed by atoms with Crippen LogP contribution in [0.15, 0.2) is 28.0 Å². The molecule has 2 aliphatic heterocycles. The van der Waals surface area contributed by atoms with E-state index in [1.54, 1.807) is 18.2 Å². The Morgan fingerprint density at radius 2 is 1.72 bits per heavy atom. The Balaban J connectivity index is 1.35. The number of hydrogen-bond donors (Lipinski definition) is 2. The Labute approximate surface area is 195 Å². The number of anilines is 1. The number of fused-ring (bicyclic) bond motifs is 1. The summed E-state index contributed by atoms with van der Waals surface area (Å²) in [5, 5.41) is 5.84. The second-order valence-corrected chi connectivity index (χ2v) is 12.5. The fourth-order valence-electron chi connectivity index (χ4n) is 4.78. The summed E-state index contributed by atoms with van der Waals surface area (Å²) in [5.74, 6) is -0.170. The third-order valence-electron chi connectivity index (χ3n) is 6.80. The highest BCUT2D eigenvalue weighted by Crippen LogP contribution is 2.37. The average Bonchev–Trinajstić information content (AvgIpc) is 2.76. The fourth-order valence-corrected chi connectivity index (χ4v) is 7.20. The first kappa shape index (κ1) is 23.6. The Hall–Kier alpha value is -1.58. The molecule has 32 heavy (non-hydrogen) atoms. The van der Waals surface area contributed by atoms with Gasteiger partial charge in [-0.1, -0.05) is 32.1 Å². The van der Waals surface area contributed by atoms with Crippen molar-refractivity contribution in [3.05, 3.63) is 18.2 Å². The Morgan fingerprint density at radius 3 is 2.41 bits per heavy atom. The van der Waals surface area contributed by atoms with Crippen LogP contribution in [0.2, 0.25) is 0 Å². The maximum atomic E-state index is 13.2. The van der Waals surface area contributed by atoms with E-state index < -0.39 is 10.0 Å². The van der Waals surface area contributed by atoms with E-state index >= 15 is 0 Å². The summed E-state index contributed by atoms with van der Waals surface area (Å²) in [6.45, 7) is 2.49. The molecule has 1 saturated heterocycles. The van der Waals surface area contributed by atoms with E-state index in [1.807, 2.05) is 6.92 Å². The largest absolute Gasteiger partial charge is 0.353 e. The van der Waals surface area contributed by atoms with Crippen molar-refractivity contribution < 1.29 is 18.0 Å². The minimum absolute atomic E-state index is 0.0789. The van der Waals surface area contributed by atoms with Crippen molar-refractivity contribution in [1.82, 2.24) is 9.62 Å². The molecule has 1 atom stereocenters. The van der Waals surface area contributed by atoms with Gasteiger partial charge in [-0.05, 0) is 50.8 Å². The predicted octanol–water partition coefficient (Wildman–Crippen LogP) is 3.75. The van der Waals surface area contributed by atoms with Gasteiger partial charge in [0.05, 0.1) is 15.8 Å². The van der Waals surface area contributed by atoms with Crippen LogP contribution in [0.4, 0.5) is 5.69 Å². The monoisotopic (exact) mass is 479 g/mol. The number of carbonyl (C=O) groups is 2. The van der Waals surface area contributed by atoms with Gasteiger partial charge in [0.25, 0.3) is 0 Å². The maximum Gasteiger partial charge on any atom is 0.243 e. The second-order valence-electron chi connectivity index (χ2n) is 9.14. The lowest BCUT2D eigenvalue weighted by atomic mass is 9.94. The molecule has 9 heteroatoms. The lowest BCUT2D eigenvalue weighted by Crippen LogP contribution is -2.45. The summed E-state index contributed by atoms with van der Waals surface area (Å²) in [7, 11) is -3.67. The SMILES string of the molecule is C[C@H]1Sc2ccc(S(=O)(=O)N3CCC(C(=O)NC4CCCCCCC4)CC3)cc2NC1=O. The highest BCUT2D eigenvalue weighted by atomic mass is 32.2. The van der Waals surface area contributed by atoms with Gasteiger partial charge in [-0.15, -0.1) is 11.8 Å². The lowest BCUT2D eigenvalue weighted by Gasteiger charge is -2.32. The topological polar surface area (TPSA) is 95.6 Å². The number of rotatable bonds is 4. The van der Waals surface area contributed by atoms with E-state index in [0.717, 1.165) is 17.7 Å². The zero-order valence-electron chi connectivity index (χ0n) is 18.6. The maximum absolute atomic E-state index is 13.2. The van der Waals surface area contributed by atoms with E-state index in [1.165, 1.54) is 48.2 Å².